The second-order valence-electron chi connectivity index (χ2n) is 8.69. The number of ether oxygens (including phenoxy) is 1. The van der Waals surface area contributed by atoms with E-state index in [1.807, 2.05) is 0 Å². The lowest BCUT2D eigenvalue weighted by molar-refractivity contribution is 0.0995. The third-order valence-corrected chi connectivity index (χ3v) is 5.99. The van der Waals surface area contributed by atoms with E-state index in [0.717, 1.165) is 43.5 Å². The zero-order valence-electron chi connectivity index (χ0n) is 19.7. The monoisotopic (exact) mass is 522 g/mol. The van der Waals surface area contributed by atoms with Crippen LogP contribution in [0.1, 0.15) is 41.4 Å². The molecule has 0 aliphatic heterocycles. The first-order valence-corrected chi connectivity index (χ1v) is 11.6. The molecule has 0 bridgehead atoms. The van der Waals surface area contributed by atoms with Crippen LogP contribution in [0.25, 0.3) is 5.69 Å². The SMILES string of the molecule is NC(=O)c1cc(Oc2ccc(NC(=O)Nc3cc(C4CCC4)nn3-c3cc(F)cc(F)c3)cc2F)ccn1. The highest BCUT2D eigenvalue weighted by molar-refractivity contribution is 5.99. The predicted octanol–water partition coefficient (Wildman–Crippen LogP) is 5.49. The molecule has 2 heterocycles. The van der Waals surface area contributed by atoms with E-state index in [2.05, 4.69) is 20.7 Å². The van der Waals surface area contributed by atoms with Crippen molar-refractivity contribution in [2.45, 2.75) is 25.2 Å². The highest BCUT2D eigenvalue weighted by Gasteiger charge is 2.25. The van der Waals surface area contributed by atoms with Crippen molar-refractivity contribution in [3.8, 4) is 17.2 Å². The molecule has 0 atom stereocenters. The molecular weight excluding hydrogens is 501 g/mol. The predicted molar refractivity (Wildman–Crippen MR) is 132 cm³/mol. The zero-order valence-corrected chi connectivity index (χ0v) is 19.7. The van der Waals surface area contributed by atoms with Crippen LogP contribution >= 0.6 is 0 Å². The van der Waals surface area contributed by atoms with Gasteiger partial charge in [0.05, 0.1) is 11.4 Å². The quantitative estimate of drug-likeness (QED) is 0.296. The van der Waals surface area contributed by atoms with Crippen molar-refractivity contribution < 1.29 is 27.5 Å². The number of nitrogens with one attached hydrogen (secondary N) is 2. The Bertz CT molecular complexity index is 1520. The minimum Gasteiger partial charge on any atom is -0.454 e. The average molecular weight is 522 g/mol. The highest BCUT2D eigenvalue weighted by atomic mass is 19.1. The first kappa shape index (κ1) is 24.8. The lowest BCUT2D eigenvalue weighted by Crippen LogP contribution is -2.21. The number of halogens is 3. The van der Waals surface area contributed by atoms with Gasteiger partial charge >= 0.3 is 6.03 Å². The molecule has 2 aromatic carbocycles. The van der Waals surface area contributed by atoms with Crippen molar-refractivity contribution >= 4 is 23.4 Å². The zero-order chi connectivity index (χ0) is 26.8. The van der Waals surface area contributed by atoms with Crippen LogP contribution in [0.15, 0.2) is 60.8 Å². The molecule has 0 spiro atoms. The smallest absolute Gasteiger partial charge is 0.324 e. The van der Waals surface area contributed by atoms with Crippen molar-refractivity contribution in [2.24, 2.45) is 5.73 Å². The van der Waals surface area contributed by atoms with Gasteiger partial charge in [-0.1, -0.05) is 6.42 Å². The van der Waals surface area contributed by atoms with Gasteiger partial charge in [0, 0.05) is 42.1 Å². The van der Waals surface area contributed by atoms with Crippen LogP contribution < -0.4 is 21.1 Å². The number of aromatic nitrogens is 3. The third-order valence-electron chi connectivity index (χ3n) is 5.99. The van der Waals surface area contributed by atoms with Gasteiger partial charge in [-0.05, 0) is 43.2 Å². The summed E-state index contributed by atoms with van der Waals surface area (Å²) in [6.45, 7) is 0. The Morgan fingerprint density at radius 2 is 1.74 bits per heavy atom. The van der Waals surface area contributed by atoms with Crippen molar-refractivity contribution in [1.82, 2.24) is 14.8 Å². The molecule has 1 aliphatic carbocycles. The standard InChI is InChI=1S/C26H21F3N6O3/c27-15-8-16(28)10-18(9-15)35-24(13-21(34-35)14-2-1-3-14)33-26(37)32-17-4-5-23(20(29)11-17)38-19-6-7-31-22(12-19)25(30)36/h4-14H,1-3H2,(H2,30,36)(H2,32,33,37). The van der Waals surface area contributed by atoms with E-state index < -0.39 is 29.4 Å². The summed E-state index contributed by atoms with van der Waals surface area (Å²) < 4.78 is 49.1. The Balaban J connectivity index is 1.32. The number of nitrogens with two attached hydrogens (primary N) is 1. The van der Waals surface area contributed by atoms with Crippen LogP contribution in [0, 0.1) is 17.5 Å². The molecular formula is C26H21F3N6O3. The largest absolute Gasteiger partial charge is 0.454 e. The van der Waals surface area contributed by atoms with E-state index in [0.29, 0.717) is 5.69 Å². The van der Waals surface area contributed by atoms with Crippen LogP contribution in [-0.4, -0.2) is 26.7 Å². The van der Waals surface area contributed by atoms with Crippen LogP contribution in [0.4, 0.5) is 29.5 Å². The molecule has 1 aliphatic rings. The molecule has 0 saturated heterocycles. The molecule has 5 rings (SSSR count). The van der Waals surface area contributed by atoms with Crippen LogP contribution in [-0.2, 0) is 0 Å². The van der Waals surface area contributed by atoms with Gasteiger partial charge in [0.15, 0.2) is 11.6 Å². The summed E-state index contributed by atoms with van der Waals surface area (Å²) >= 11 is 0. The van der Waals surface area contributed by atoms with Gasteiger partial charge in [0.1, 0.15) is 28.9 Å². The fourth-order valence-corrected chi connectivity index (χ4v) is 3.93. The van der Waals surface area contributed by atoms with Crippen LogP contribution in [0.2, 0.25) is 0 Å². The summed E-state index contributed by atoms with van der Waals surface area (Å²) in [4.78, 5) is 27.8. The van der Waals surface area contributed by atoms with Gasteiger partial charge in [-0.2, -0.15) is 5.10 Å². The number of amides is 3. The van der Waals surface area contributed by atoms with Gasteiger partial charge < -0.3 is 15.8 Å². The minimum absolute atomic E-state index is 0.0430. The van der Waals surface area contributed by atoms with Gasteiger partial charge in [0.2, 0.25) is 0 Å². The number of hydrogen-bond acceptors (Lipinski definition) is 5. The van der Waals surface area contributed by atoms with E-state index in [4.69, 9.17) is 10.5 Å². The van der Waals surface area contributed by atoms with Crippen molar-refractivity contribution in [3.05, 3.63) is 89.6 Å². The highest BCUT2D eigenvalue weighted by Crippen LogP contribution is 2.37. The van der Waals surface area contributed by atoms with Crippen LogP contribution in [0.3, 0.4) is 0 Å². The molecule has 1 saturated carbocycles. The van der Waals surface area contributed by atoms with Gasteiger partial charge in [0.25, 0.3) is 5.91 Å². The fourth-order valence-electron chi connectivity index (χ4n) is 3.93. The maximum absolute atomic E-state index is 14.7. The van der Waals surface area contributed by atoms with E-state index in [9.17, 15) is 22.8 Å². The first-order valence-electron chi connectivity index (χ1n) is 11.6. The summed E-state index contributed by atoms with van der Waals surface area (Å²) in [6.07, 6.45) is 4.20. The number of benzene rings is 2. The molecule has 0 unspecified atom stereocenters. The molecule has 0 radical (unpaired) electrons. The number of carbonyl (C=O) groups excluding carboxylic acids is 2. The van der Waals surface area contributed by atoms with E-state index in [1.54, 1.807) is 6.07 Å². The lowest BCUT2D eigenvalue weighted by atomic mass is 9.83. The van der Waals surface area contributed by atoms with Gasteiger partial charge in [-0.3, -0.25) is 15.1 Å². The Morgan fingerprint density at radius 3 is 2.39 bits per heavy atom. The number of pyridine rings is 1. The molecule has 3 amide bonds. The summed E-state index contributed by atoms with van der Waals surface area (Å²) in [5.74, 6) is -2.74. The third kappa shape index (κ3) is 5.43. The molecule has 2 aromatic heterocycles. The second-order valence-corrected chi connectivity index (χ2v) is 8.69. The topological polar surface area (TPSA) is 124 Å². The lowest BCUT2D eigenvalue weighted by Gasteiger charge is -2.22. The average Bonchev–Trinajstić information content (AvgIpc) is 3.22. The minimum atomic E-state index is -0.786. The number of primary amides is 1. The Kier molecular flexibility index (Phi) is 6.69. The number of anilines is 2. The van der Waals surface area contributed by atoms with Gasteiger partial charge in [-0.15, -0.1) is 0 Å². The maximum atomic E-state index is 14.7. The number of urea groups is 1. The summed E-state index contributed by atoms with van der Waals surface area (Å²) in [5.41, 5.74) is 6.06. The van der Waals surface area contributed by atoms with Crippen molar-refractivity contribution in [3.63, 3.8) is 0 Å². The van der Waals surface area contributed by atoms with Gasteiger partial charge in [-0.25, -0.2) is 22.6 Å². The van der Waals surface area contributed by atoms with E-state index in [-0.39, 0.29) is 40.3 Å². The Morgan fingerprint density at radius 1 is 0.974 bits per heavy atom. The number of nitrogens with zero attached hydrogens (tertiary/aromatic N) is 3. The number of carbonyl (C=O) groups is 2. The van der Waals surface area contributed by atoms with Crippen molar-refractivity contribution in [1.29, 1.82) is 0 Å². The molecule has 4 N–H and O–H groups in total. The normalized spacial score (nSPS) is 13.0. The van der Waals surface area contributed by atoms with E-state index in [1.165, 1.54) is 35.1 Å². The molecule has 9 nitrogen and oxygen atoms in total. The summed E-state index contributed by atoms with van der Waals surface area (Å²) in [6, 6.07) is 10.3. The molecule has 4 aromatic rings. The summed E-state index contributed by atoms with van der Waals surface area (Å²) in [7, 11) is 0. The molecule has 12 heteroatoms. The number of rotatable bonds is 7. The van der Waals surface area contributed by atoms with Crippen LogP contribution in [0.5, 0.6) is 11.5 Å². The summed E-state index contributed by atoms with van der Waals surface area (Å²) in [5, 5.41) is 9.58. The second kappa shape index (κ2) is 10.2. The Labute approximate surface area is 214 Å². The first-order chi connectivity index (χ1) is 18.2. The molecule has 194 valence electrons. The maximum Gasteiger partial charge on any atom is 0.324 e. The molecule has 1 fully saturated rings. The molecule has 38 heavy (non-hydrogen) atoms. The van der Waals surface area contributed by atoms with Crippen molar-refractivity contribution in [2.75, 3.05) is 10.6 Å². The van der Waals surface area contributed by atoms with E-state index >= 15 is 0 Å². The fraction of sp³-hybridized carbons (Fsp3) is 0.154. The Hall–Kier alpha value is -4.87. The number of hydrogen-bond donors (Lipinski definition) is 3.